The summed E-state index contributed by atoms with van der Waals surface area (Å²) >= 11 is 0. The second kappa shape index (κ2) is 5.31. The molecule has 0 saturated heterocycles. The molecule has 15 heavy (non-hydrogen) atoms. The van der Waals surface area contributed by atoms with E-state index in [-0.39, 0.29) is 24.8 Å². The summed E-state index contributed by atoms with van der Waals surface area (Å²) in [6.45, 7) is 5.83. The summed E-state index contributed by atoms with van der Waals surface area (Å²) in [6, 6.07) is 0. The van der Waals surface area contributed by atoms with Gasteiger partial charge in [0.2, 0.25) is 5.76 Å². The predicted octanol–water partition coefficient (Wildman–Crippen LogP) is 0.604. The molecule has 0 atom stereocenters. The molecule has 0 radical (unpaired) electrons. The summed E-state index contributed by atoms with van der Waals surface area (Å²) in [7, 11) is 0. The summed E-state index contributed by atoms with van der Waals surface area (Å²) in [5, 5.41) is 12.3. The van der Waals surface area contributed by atoms with Crippen molar-refractivity contribution in [2.24, 2.45) is 0 Å². The standard InChI is InChI=1S/C10H14N2O3/c1-3-4-12(5-6-13)10(14)9-8(2)7-11-15-9/h3,7,13H,1,4-6H2,2H3. The fourth-order valence-corrected chi connectivity index (χ4v) is 1.19. The highest BCUT2D eigenvalue weighted by Gasteiger charge is 2.20. The van der Waals surface area contributed by atoms with Gasteiger partial charge in [0.25, 0.3) is 5.91 Å². The molecule has 0 fully saturated rings. The van der Waals surface area contributed by atoms with Crippen molar-refractivity contribution in [3.63, 3.8) is 0 Å². The van der Waals surface area contributed by atoms with E-state index in [4.69, 9.17) is 9.63 Å². The highest BCUT2D eigenvalue weighted by Crippen LogP contribution is 2.09. The van der Waals surface area contributed by atoms with E-state index in [2.05, 4.69) is 11.7 Å². The smallest absolute Gasteiger partial charge is 0.293 e. The number of aliphatic hydroxyl groups is 1. The number of carbonyl (C=O) groups excluding carboxylic acids is 1. The van der Waals surface area contributed by atoms with E-state index < -0.39 is 0 Å². The Labute approximate surface area is 88.0 Å². The summed E-state index contributed by atoms with van der Waals surface area (Å²) in [6.07, 6.45) is 3.08. The maximum Gasteiger partial charge on any atom is 0.293 e. The molecule has 0 spiro atoms. The summed E-state index contributed by atoms with van der Waals surface area (Å²) in [5.74, 6) is -0.0655. The maximum absolute atomic E-state index is 11.8. The van der Waals surface area contributed by atoms with Gasteiger partial charge >= 0.3 is 0 Å². The van der Waals surface area contributed by atoms with Gasteiger partial charge in [0.05, 0.1) is 12.8 Å². The second-order valence-corrected chi connectivity index (χ2v) is 3.10. The zero-order valence-corrected chi connectivity index (χ0v) is 8.64. The van der Waals surface area contributed by atoms with Crippen molar-refractivity contribution in [1.29, 1.82) is 0 Å². The SMILES string of the molecule is C=CCN(CCO)C(=O)c1oncc1C. The zero-order valence-electron chi connectivity index (χ0n) is 8.64. The van der Waals surface area contributed by atoms with Crippen LogP contribution in [0, 0.1) is 6.92 Å². The Morgan fingerprint density at radius 3 is 3.00 bits per heavy atom. The lowest BCUT2D eigenvalue weighted by atomic mass is 10.2. The molecule has 0 saturated carbocycles. The van der Waals surface area contributed by atoms with Gasteiger partial charge in [0, 0.05) is 18.7 Å². The molecule has 1 aromatic heterocycles. The summed E-state index contributed by atoms with van der Waals surface area (Å²) < 4.78 is 4.84. The molecular formula is C10H14N2O3. The van der Waals surface area contributed by atoms with Crippen molar-refractivity contribution in [3.05, 3.63) is 30.2 Å². The fourth-order valence-electron chi connectivity index (χ4n) is 1.19. The zero-order chi connectivity index (χ0) is 11.3. The molecule has 0 unspecified atom stereocenters. The van der Waals surface area contributed by atoms with Crippen LogP contribution in [0.15, 0.2) is 23.4 Å². The van der Waals surface area contributed by atoms with E-state index in [0.29, 0.717) is 12.1 Å². The molecule has 0 aliphatic rings. The number of amides is 1. The number of nitrogens with zero attached hydrogens (tertiary/aromatic N) is 2. The molecule has 5 nitrogen and oxygen atoms in total. The van der Waals surface area contributed by atoms with Crippen LogP contribution in [0.4, 0.5) is 0 Å². The molecule has 0 bridgehead atoms. The molecule has 0 aromatic carbocycles. The topological polar surface area (TPSA) is 66.6 Å². The number of carbonyl (C=O) groups is 1. The Kier molecular flexibility index (Phi) is 4.05. The minimum Gasteiger partial charge on any atom is -0.395 e. The van der Waals surface area contributed by atoms with E-state index in [1.165, 1.54) is 11.1 Å². The Bertz CT molecular complexity index is 346. The van der Waals surface area contributed by atoms with E-state index in [1.807, 2.05) is 0 Å². The third-order valence-electron chi connectivity index (χ3n) is 1.95. The first kappa shape index (κ1) is 11.5. The van der Waals surface area contributed by atoms with Gasteiger partial charge in [-0.25, -0.2) is 0 Å². The lowest BCUT2D eigenvalue weighted by Crippen LogP contribution is -2.33. The number of aryl methyl sites for hydroxylation is 1. The third kappa shape index (κ3) is 2.66. The van der Waals surface area contributed by atoms with E-state index in [9.17, 15) is 4.79 Å². The minimum atomic E-state index is -0.279. The molecule has 1 rings (SSSR count). The molecule has 1 aromatic rings. The molecule has 1 amide bonds. The van der Waals surface area contributed by atoms with Gasteiger partial charge in [0.15, 0.2) is 0 Å². The molecule has 82 valence electrons. The van der Waals surface area contributed by atoms with Gasteiger partial charge in [-0.05, 0) is 6.92 Å². The average molecular weight is 210 g/mol. The quantitative estimate of drug-likeness (QED) is 0.723. The highest BCUT2D eigenvalue weighted by atomic mass is 16.5. The first-order valence-electron chi connectivity index (χ1n) is 4.63. The van der Waals surface area contributed by atoms with Gasteiger partial charge in [-0.15, -0.1) is 6.58 Å². The third-order valence-corrected chi connectivity index (χ3v) is 1.95. The summed E-state index contributed by atoms with van der Waals surface area (Å²) in [4.78, 5) is 13.3. The van der Waals surface area contributed by atoms with Crippen LogP contribution >= 0.6 is 0 Å². The van der Waals surface area contributed by atoms with E-state index in [0.717, 1.165) is 0 Å². The Morgan fingerprint density at radius 2 is 2.53 bits per heavy atom. The minimum absolute atomic E-state index is 0.0905. The molecule has 1 N–H and O–H groups in total. The van der Waals surface area contributed by atoms with Crippen LogP contribution in [0.5, 0.6) is 0 Å². The number of hydrogen-bond donors (Lipinski definition) is 1. The number of hydrogen-bond acceptors (Lipinski definition) is 4. The first-order chi connectivity index (χ1) is 7.20. The molecule has 0 aliphatic carbocycles. The lowest BCUT2D eigenvalue weighted by molar-refractivity contribution is 0.0700. The largest absolute Gasteiger partial charge is 0.395 e. The number of aliphatic hydroxyl groups excluding tert-OH is 1. The molecule has 5 heteroatoms. The van der Waals surface area contributed by atoms with Gasteiger partial charge < -0.3 is 14.5 Å². The summed E-state index contributed by atoms with van der Waals surface area (Å²) in [5.41, 5.74) is 0.687. The van der Waals surface area contributed by atoms with Crippen LogP contribution in [0.25, 0.3) is 0 Å². The normalized spacial score (nSPS) is 10.0. The van der Waals surface area contributed by atoms with Crippen molar-refractivity contribution in [2.45, 2.75) is 6.92 Å². The van der Waals surface area contributed by atoms with Gasteiger partial charge in [-0.3, -0.25) is 4.79 Å². The van der Waals surface area contributed by atoms with Crippen LogP contribution in [0.1, 0.15) is 16.1 Å². The van der Waals surface area contributed by atoms with E-state index in [1.54, 1.807) is 13.0 Å². The van der Waals surface area contributed by atoms with Crippen LogP contribution in [0.3, 0.4) is 0 Å². The van der Waals surface area contributed by atoms with Crippen LogP contribution in [-0.4, -0.2) is 40.8 Å². The van der Waals surface area contributed by atoms with Crippen LogP contribution < -0.4 is 0 Å². The Balaban J connectivity index is 2.80. The maximum atomic E-state index is 11.8. The fraction of sp³-hybridized carbons (Fsp3) is 0.400. The van der Waals surface area contributed by atoms with Crippen LogP contribution in [-0.2, 0) is 0 Å². The van der Waals surface area contributed by atoms with Gasteiger partial charge in [-0.2, -0.15) is 0 Å². The van der Waals surface area contributed by atoms with Gasteiger partial charge in [0.1, 0.15) is 0 Å². The Morgan fingerprint density at radius 1 is 1.80 bits per heavy atom. The van der Waals surface area contributed by atoms with Crippen molar-refractivity contribution >= 4 is 5.91 Å². The number of aromatic nitrogens is 1. The molecule has 1 heterocycles. The second-order valence-electron chi connectivity index (χ2n) is 3.10. The molecular weight excluding hydrogens is 196 g/mol. The average Bonchev–Trinajstić information content (AvgIpc) is 2.63. The molecule has 0 aliphatic heterocycles. The van der Waals surface area contributed by atoms with Gasteiger partial charge in [-0.1, -0.05) is 11.2 Å². The van der Waals surface area contributed by atoms with Crippen LogP contribution in [0.2, 0.25) is 0 Å². The predicted molar refractivity (Wildman–Crippen MR) is 54.4 cm³/mol. The Hall–Kier alpha value is -1.62. The van der Waals surface area contributed by atoms with Crippen molar-refractivity contribution in [3.8, 4) is 0 Å². The van der Waals surface area contributed by atoms with Crippen molar-refractivity contribution in [2.75, 3.05) is 19.7 Å². The monoisotopic (exact) mass is 210 g/mol. The van der Waals surface area contributed by atoms with Crippen molar-refractivity contribution < 1.29 is 14.4 Å². The van der Waals surface area contributed by atoms with E-state index >= 15 is 0 Å². The number of rotatable bonds is 5. The lowest BCUT2D eigenvalue weighted by Gasteiger charge is -2.18. The highest BCUT2D eigenvalue weighted by molar-refractivity contribution is 5.92. The first-order valence-corrected chi connectivity index (χ1v) is 4.63. The van der Waals surface area contributed by atoms with Crippen molar-refractivity contribution in [1.82, 2.24) is 10.1 Å².